The molecule has 4 heterocycles. The molecule has 31 heavy (non-hydrogen) atoms. The third-order valence-electron chi connectivity index (χ3n) is 6.21. The number of thiophene rings is 1. The number of carbonyl (C=O) groups excluding carboxylic acids is 1. The number of furan rings is 1. The van der Waals surface area contributed by atoms with Crippen molar-refractivity contribution in [3.8, 4) is 11.3 Å². The lowest BCUT2D eigenvalue weighted by Crippen LogP contribution is -2.51. The van der Waals surface area contributed by atoms with Gasteiger partial charge in [-0.05, 0) is 42.0 Å². The van der Waals surface area contributed by atoms with Gasteiger partial charge in [-0.1, -0.05) is 13.0 Å². The zero-order chi connectivity index (χ0) is 21.8. The van der Waals surface area contributed by atoms with Crippen LogP contribution in [-0.2, 0) is 10.2 Å². The zero-order valence-electron chi connectivity index (χ0n) is 17.3. The number of aromatic nitrogens is 1. The highest BCUT2D eigenvalue weighted by Crippen LogP contribution is 2.49. The molecular weight excluding hydrogens is 408 g/mol. The second-order valence-corrected chi connectivity index (χ2v) is 9.18. The second-order valence-electron chi connectivity index (χ2n) is 8.27. The van der Waals surface area contributed by atoms with Crippen LogP contribution in [0.25, 0.3) is 22.2 Å². The van der Waals surface area contributed by atoms with E-state index in [1.807, 2.05) is 36.4 Å². The summed E-state index contributed by atoms with van der Waals surface area (Å²) in [6, 6.07) is 13.6. The van der Waals surface area contributed by atoms with E-state index in [0.29, 0.717) is 17.9 Å². The first-order valence-electron chi connectivity index (χ1n) is 10.00. The molecule has 3 N–H and O–H groups in total. The van der Waals surface area contributed by atoms with Gasteiger partial charge in [0.2, 0.25) is 5.91 Å². The Kier molecular flexibility index (Phi) is 4.44. The summed E-state index contributed by atoms with van der Waals surface area (Å²) in [4.78, 5) is 20.4. The summed E-state index contributed by atoms with van der Waals surface area (Å²) >= 11 is 1.61. The summed E-state index contributed by atoms with van der Waals surface area (Å²) in [7, 11) is 1.69. The van der Waals surface area contributed by atoms with Crippen LogP contribution in [0.3, 0.4) is 0 Å². The van der Waals surface area contributed by atoms with Gasteiger partial charge < -0.3 is 15.1 Å². The number of nitrogens with zero attached hydrogens (tertiary/aromatic N) is 2. The van der Waals surface area contributed by atoms with E-state index in [-0.39, 0.29) is 5.91 Å². The maximum absolute atomic E-state index is 13.5. The summed E-state index contributed by atoms with van der Waals surface area (Å²) in [6.07, 6.45) is 3.77. The first-order valence-corrected chi connectivity index (χ1v) is 10.9. The zero-order valence-corrected chi connectivity index (χ0v) is 18.1. The average molecular weight is 431 g/mol. The molecule has 3 aromatic heterocycles. The van der Waals surface area contributed by atoms with Gasteiger partial charge >= 0.3 is 0 Å². The molecule has 156 valence electrons. The number of benzene rings is 1. The number of nitrogens with two attached hydrogens (primary N) is 1. The van der Waals surface area contributed by atoms with Gasteiger partial charge in [0.25, 0.3) is 0 Å². The Bertz CT molecular complexity index is 1310. The van der Waals surface area contributed by atoms with Crippen LogP contribution >= 0.6 is 11.3 Å². The van der Waals surface area contributed by atoms with Crippen LogP contribution in [0.1, 0.15) is 29.7 Å². The number of hydrogen-bond donors (Lipinski definition) is 2. The van der Waals surface area contributed by atoms with Crippen LogP contribution in [0, 0.1) is 5.41 Å². The van der Waals surface area contributed by atoms with E-state index in [4.69, 9.17) is 15.6 Å². The number of pyridine rings is 1. The van der Waals surface area contributed by atoms with Gasteiger partial charge in [0.15, 0.2) is 0 Å². The molecule has 5 rings (SSSR count). The number of likely N-dealkylation sites (tertiary alicyclic amines) is 1. The van der Waals surface area contributed by atoms with Gasteiger partial charge in [0.05, 0.1) is 29.8 Å². The van der Waals surface area contributed by atoms with Crippen molar-refractivity contribution in [1.82, 2.24) is 9.88 Å². The molecule has 0 unspecified atom stereocenters. The van der Waals surface area contributed by atoms with E-state index in [2.05, 4.69) is 23.4 Å². The van der Waals surface area contributed by atoms with Crippen molar-refractivity contribution in [2.75, 3.05) is 12.8 Å². The number of nitrogen functional groups attached to an aromatic ring is 1. The van der Waals surface area contributed by atoms with E-state index in [1.165, 1.54) is 4.90 Å². The molecule has 2 atom stereocenters. The van der Waals surface area contributed by atoms with Gasteiger partial charge in [-0.3, -0.25) is 15.2 Å². The minimum atomic E-state index is -0.547. The van der Waals surface area contributed by atoms with E-state index in [9.17, 15) is 4.79 Å². The monoisotopic (exact) mass is 430 g/mol. The molecule has 1 amide bonds. The standard InChI is InChI=1S/C24H22N4O2S/c1-24(20-10-16(13-31-20)18-5-4-17(25)12-27-18)11-21(26)28(2)23(29)22(24)15-3-6-19-14(9-15)7-8-30-19/h3-10,12-13,22,26H,11,25H2,1-2H3/t22-,24-/m1/s1. The average Bonchev–Trinajstić information content (AvgIpc) is 3.42. The van der Waals surface area contributed by atoms with Crippen LogP contribution < -0.4 is 5.73 Å². The largest absolute Gasteiger partial charge is 0.464 e. The third-order valence-corrected chi connectivity index (χ3v) is 7.42. The van der Waals surface area contributed by atoms with Crippen LogP contribution in [0.15, 0.2) is 64.7 Å². The second kappa shape index (κ2) is 7.06. The van der Waals surface area contributed by atoms with E-state index in [1.54, 1.807) is 30.8 Å². The predicted molar refractivity (Wildman–Crippen MR) is 123 cm³/mol. The van der Waals surface area contributed by atoms with E-state index >= 15 is 0 Å². The molecular formula is C24H22N4O2S. The molecule has 1 aliphatic heterocycles. The molecule has 1 aromatic carbocycles. The van der Waals surface area contributed by atoms with Crippen molar-refractivity contribution in [3.63, 3.8) is 0 Å². The molecule has 0 saturated carbocycles. The van der Waals surface area contributed by atoms with Crippen molar-refractivity contribution >= 4 is 39.7 Å². The van der Waals surface area contributed by atoms with E-state index < -0.39 is 11.3 Å². The maximum atomic E-state index is 13.5. The van der Waals surface area contributed by atoms with Gasteiger partial charge in [0, 0.05) is 40.1 Å². The lowest BCUT2D eigenvalue weighted by atomic mass is 9.67. The summed E-state index contributed by atoms with van der Waals surface area (Å²) in [5, 5.41) is 11.5. The molecule has 0 aliphatic carbocycles. The minimum Gasteiger partial charge on any atom is -0.464 e. The SMILES string of the molecule is CN1C(=N)C[C@](C)(c2cc(-c3ccc(N)cn3)cs2)[C@H](c2ccc3occc3c2)C1=O. The highest BCUT2D eigenvalue weighted by atomic mass is 32.1. The number of likely N-dealkylation sites (N-methyl/N-ethyl adjacent to an activating group) is 1. The number of amides is 1. The Balaban J connectivity index is 1.62. The lowest BCUT2D eigenvalue weighted by Gasteiger charge is -2.44. The Morgan fingerprint density at radius 3 is 2.87 bits per heavy atom. The fourth-order valence-corrected chi connectivity index (χ4v) is 5.52. The summed E-state index contributed by atoms with van der Waals surface area (Å²) in [6.45, 7) is 2.09. The van der Waals surface area contributed by atoms with Gasteiger partial charge in [0.1, 0.15) is 11.4 Å². The first-order chi connectivity index (χ1) is 14.9. The molecule has 0 bridgehead atoms. The molecule has 7 heteroatoms. The molecule has 1 aliphatic rings. The lowest BCUT2D eigenvalue weighted by molar-refractivity contribution is -0.131. The molecule has 1 saturated heterocycles. The van der Waals surface area contributed by atoms with Crippen molar-refractivity contribution in [2.24, 2.45) is 0 Å². The first kappa shape index (κ1) is 19.5. The Morgan fingerprint density at radius 2 is 2.10 bits per heavy atom. The number of hydrogen-bond acceptors (Lipinski definition) is 6. The maximum Gasteiger partial charge on any atom is 0.236 e. The smallest absolute Gasteiger partial charge is 0.236 e. The molecule has 6 nitrogen and oxygen atoms in total. The summed E-state index contributed by atoms with van der Waals surface area (Å²) in [5.74, 6) is -0.146. The van der Waals surface area contributed by atoms with Gasteiger partial charge in [-0.25, -0.2) is 0 Å². The number of amidine groups is 1. The number of fused-ring (bicyclic) bond motifs is 1. The fraction of sp³-hybridized carbons (Fsp3) is 0.208. The van der Waals surface area contributed by atoms with Crippen LogP contribution in [-0.4, -0.2) is 28.7 Å². The fourth-order valence-electron chi connectivity index (χ4n) is 4.42. The normalized spacial score (nSPS) is 21.7. The van der Waals surface area contributed by atoms with Crippen molar-refractivity contribution in [2.45, 2.75) is 24.7 Å². The van der Waals surface area contributed by atoms with Crippen molar-refractivity contribution in [3.05, 3.63) is 70.7 Å². The van der Waals surface area contributed by atoms with Crippen LogP contribution in [0.5, 0.6) is 0 Å². The summed E-state index contributed by atoms with van der Waals surface area (Å²) < 4.78 is 5.48. The number of piperidine rings is 1. The quantitative estimate of drug-likeness (QED) is 0.477. The van der Waals surface area contributed by atoms with Crippen LogP contribution in [0.4, 0.5) is 5.69 Å². The summed E-state index contributed by atoms with van der Waals surface area (Å²) in [5.41, 5.74) is 9.40. The van der Waals surface area contributed by atoms with E-state index in [0.717, 1.165) is 32.7 Å². The third kappa shape index (κ3) is 3.13. The highest BCUT2D eigenvalue weighted by molar-refractivity contribution is 7.10. The number of rotatable bonds is 3. The predicted octanol–water partition coefficient (Wildman–Crippen LogP) is 5.02. The molecule has 0 spiro atoms. The topological polar surface area (TPSA) is 96.2 Å². The minimum absolute atomic E-state index is 0.0674. The Hall–Kier alpha value is -3.45. The van der Waals surface area contributed by atoms with Crippen molar-refractivity contribution < 1.29 is 9.21 Å². The molecule has 0 radical (unpaired) electrons. The Morgan fingerprint density at radius 1 is 1.26 bits per heavy atom. The Labute approximate surface area is 183 Å². The number of anilines is 1. The van der Waals surface area contributed by atoms with Gasteiger partial charge in [-0.15, -0.1) is 11.3 Å². The van der Waals surface area contributed by atoms with Crippen molar-refractivity contribution in [1.29, 1.82) is 5.41 Å². The molecule has 1 fully saturated rings. The van der Waals surface area contributed by atoms with Crippen LogP contribution in [0.2, 0.25) is 0 Å². The molecule has 4 aromatic rings. The number of nitrogens with one attached hydrogen (secondary N) is 1. The number of carbonyl (C=O) groups is 1. The highest BCUT2D eigenvalue weighted by Gasteiger charge is 2.49. The van der Waals surface area contributed by atoms with Gasteiger partial charge in [-0.2, -0.15) is 0 Å².